The average Bonchev–Trinajstić information content (AvgIpc) is 3.24. The van der Waals surface area contributed by atoms with E-state index in [1.165, 1.54) is 22.3 Å². The fraction of sp³-hybridized carbons (Fsp3) is 0.143. The van der Waals surface area contributed by atoms with Gasteiger partial charge in [0.1, 0.15) is 6.61 Å². The van der Waals surface area contributed by atoms with E-state index in [-0.39, 0.29) is 24.2 Å². The molecule has 5 nitrogen and oxygen atoms in total. The Balaban J connectivity index is 1.52. The van der Waals surface area contributed by atoms with Gasteiger partial charge in [0.15, 0.2) is 11.6 Å². The van der Waals surface area contributed by atoms with Crippen molar-refractivity contribution in [3.05, 3.63) is 82.3 Å². The summed E-state index contributed by atoms with van der Waals surface area (Å²) in [5.41, 5.74) is 1.10. The molecule has 2 aromatic carbocycles. The van der Waals surface area contributed by atoms with Crippen molar-refractivity contribution < 1.29 is 18.7 Å². The number of benzene rings is 2. The second-order valence-electron chi connectivity index (χ2n) is 6.01. The van der Waals surface area contributed by atoms with Crippen LogP contribution in [-0.4, -0.2) is 36.9 Å². The predicted octanol–water partition coefficient (Wildman–Crippen LogP) is 4.29. The number of anilines is 1. The summed E-state index contributed by atoms with van der Waals surface area (Å²) in [6.45, 7) is 0.488. The number of thiophene rings is 1. The third-order valence-electron chi connectivity index (χ3n) is 4.00. The van der Waals surface area contributed by atoms with E-state index in [1.807, 2.05) is 11.4 Å². The summed E-state index contributed by atoms with van der Waals surface area (Å²) >= 11 is 1.36. The fourth-order valence-electron chi connectivity index (χ4n) is 2.47. The summed E-state index contributed by atoms with van der Waals surface area (Å²) in [7, 11) is 1.65. The highest BCUT2D eigenvalue weighted by molar-refractivity contribution is 7.12. The summed E-state index contributed by atoms with van der Waals surface area (Å²) in [4.78, 5) is 26.6. The minimum Gasteiger partial charge on any atom is -0.489 e. The number of likely N-dealkylation sites (N-methyl/N-ethyl adjacent to an activating group) is 1. The summed E-state index contributed by atoms with van der Waals surface area (Å²) < 4.78 is 18.9. The van der Waals surface area contributed by atoms with Gasteiger partial charge < -0.3 is 15.0 Å². The molecule has 3 aromatic rings. The maximum atomic E-state index is 13.5. The smallest absolute Gasteiger partial charge is 0.265 e. The number of nitrogens with one attached hydrogen (secondary N) is 1. The largest absolute Gasteiger partial charge is 0.489 e. The first-order chi connectivity index (χ1) is 13.5. The summed E-state index contributed by atoms with van der Waals surface area (Å²) in [5.74, 6) is -0.643. The zero-order valence-corrected chi connectivity index (χ0v) is 16.0. The molecule has 1 aromatic heterocycles. The lowest BCUT2D eigenvalue weighted by Crippen LogP contribution is -2.30. The van der Waals surface area contributed by atoms with E-state index >= 15 is 0 Å². The van der Waals surface area contributed by atoms with Crippen molar-refractivity contribution in [3.63, 3.8) is 0 Å². The average molecular weight is 398 g/mol. The maximum Gasteiger partial charge on any atom is 0.265 e. The second-order valence-corrected chi connectivity index (χ2v) is 6.96. The van der Waals surface area contributed by atoms with Gasteiger partial charge in [0.05, 0.1) is 11.4 Å². The van der Waals surface area contributed by atoms with Gasteiger partial charge >= 0.3 is 0 Å². The van der Waals surface area contributed by atoms with Gasteiger partial charge in [-0.1, -0.05) is 18.2 Å². The molecule has 0 spiro atoms. The quantitative estimate of drug-likeness (QED) is 0.646. The molecule has 0 aliphatic heterocycles. The van der Waals surface area contributed by atoms with Gasteiger partial charge in [-0.2, -0.15) is 0 Å². The SMILES string of the molecule is CN(CCOc1ccccc1F)C(=O)c1ccc(NC(=O)c2cccs2)cc1. The number of carbonyl (C=O) groups excluding carboxylic acids is 2. The van der Waals surface area contributed by atoms with Crippen molar-refractivity contribution in [1.29, 1.82) is 0 Å². The minimum absolute atomic E-state index is 0.161. The van der Waals surface area contributed by atoms with Crippen LogP contribution < -0.4 is 10.1 Å². The molecule has 0 aliphatic rings. The monoisotopic (exact) mass is 398 g/mol. The van der Waals surface area contributed by atoms with Crippen LogP contribution in [0, 0.1) is 5.82 Å². The summed E-state index contributed by atoms with van der Waals surface area (Å²) in [6, 6.07) is 16.4. The molecular weight excluding hydrogens is 379 g/mol. The summed E-state index contributed by atoms with van der Waals surface area (Å²) in [5, 5.41) is 4.62. The summed E-state index contributed by atoms with van der Waals surface area (Å²) in [6.07, 6.45) is 0. The molecule has 0 bridgehead atoms. The third-order valence-corrected chi connectivity index (χ3v) is 4.87. The van der Waals surface area contributed by atoms with Crippen molar-refractivity contribution in [2.75, 3.05) is 25.5 Å². The van der Waals surface area contributed by atoms with E-state index in [1.54, 1.807) is 55.6 Å². The standard InChI is InChI=1S/C21H19FN2O3S/c1-24(12-13-27-18-6-3-2-5-17(18)22)21(26)15-8-10-16(11-9-15)23-20(25)19-7-4-14-28-19/h2-11,14H,12-13H2,1H3,(H,23,25). The molecule has 144 valence electrons. The Bertz CT molecular complexity index is 943. The molecule has 0 fully saturated rings. The number of nitrogens with zero attached hydrogens (tertiary/aromatic N) is 1. The van der Waals surface area contributed by atoms with Crippen LogP contribution in [0.15, 0.2) is 66.0 Å². The molecule has 0 aliphatic carbocycles. The van der Waals surface area contributed by atoms with Gasteiger partial charge in [-0.3, -0.25) is 9.59 Å². The molecule has 0 saturated heterocycles. The van der Waals surface area contributed by atoms with Crippen LogP contribution in [0.25, 0.3) is 0 Å². The normalized spacial score (nSPS) is 10.4. The number of rotatable bonds is 7. The van der Waals surface area contributed by atoms with E-state index in [4.69, 9.17) is 4.74 Å². The van der Waals surface area contributed by atoms with E-state index < -0.39 is 5.82 Å². The molecule has 0 atom stereocenters. The minimum atomic E-state index is -0.434. The molecule has 3 rings (SSSR count). The van der Waals surface area contributed by atoms with E-state index in [0.717, 1.165) is 0 Å². The first kappa shape index (κ1) is 19.6. The lowest BCUT2D eigenvalue weighted by molar-refractivity contribution is 0.0773. The van der Waals surface area contributed by atoms with Crippen molar-refractivity contribution in [2.45, 2.75) is 0 Å². The zero-order chi connectivity index (χ0) is 19.9. The Morgan fingerprint density at radius 3 is 2.50 bits per heavy atom. The number of carbonyl (C=O) groups is 2. The Morgan fingerprint density at radius 1 is 1.07 bits per heavy atom. The third kappa shape index (κ3) is 4.95. The van der Waals surface area contributed by atoms with Gasteiger partial charge in [-0.25, -0.2) is 4.39 Å². The number of para-hydroxylation sites is 1. The van der Waals surface area contributed by atoms with Crippen LogP contribution in [0.5, 0.6) is 5.75 Å². The highest BCUT2D eigenvalue weighted by Gasteiger charge is 2.13. The Hall–Kier alpha value is -3.19. The number of halogens is 1. The lowest BCUT2D eigenvalue weighted by atomic mass is 10.2. The van der Waals surface area contributed by atoms with Crippen LogP contribution in [-0.2, 0) is 0 Å². The fourth-order valence-corrected chi connectivity index (χ4v) is 3.09. The topological polar surface area (TPSA) is 58.6 Å². The molecule has 28 heavy (non-hydrogen) atoms. The van der Waals surface area contributed by atoms with Crippen molar-refractivity contribution in [2.24, 2.45) is 0 Å². The van der Waals surface area contributed by atoms with E-state index in [2.05, 4.69) is 5.32 Å². The first-order valence-corrected chi connectivity index (χ1v) is 9.50. The first-order valence-electron chi connectivity index (χ1n) is 8.62. The van der Waals surface area contributed by atoms with Gasteiger partial charge in [-0.15, -0.1) is 11.3 Å². The Labute approximate surface area is 166 Å². The van der Waals surface area contributed by atoms with Gasteiger partial charge in [0.2, 0.25) is 0 Å². The molecular formula is C21H19FN2O3S. The van der Waals surface area contributed by atoms with E-state index in [9.17, 15) is 14.0 Å². The zero-order valence-electron chi connectivity index (χ0n) is 15.2. The molecule has 2 amide bonds. The van der Waals surface area contributed by atoms with Crippen molar-refractivity contribution in [3.8, 4) is 5.75 Å². The van der Waals surface area contributed by atoms with Crippen LogP contribution in [0.1, 0.15) is 20.0 Å². The highest BCUT2D eigenvalue weighted by Crippen LogP contribution is 2.16. The Morgan fingerprint density at radius 2 is 1.82 bits per heavy atom. The number of ether oxygens (including phenoxy) is 1. The van der Waals surface area contributed by atoms with Crippen LogP contribution in [0.4, 0.5) is 10.1 Å². The van der Waals surface area contributed by atoms with Crippen LogP contribution in [0.3, 0.4) is 0 Å². The molecule has 0 radical (unpaired) electrons. The maximum absolute atomic E-state index is 13.5. The molecule has 0 saturated carbocycles. The Kier molecular flexibility index (Phi) is 6.39. The number of amides is 2. The lowest BCUT2D eigenvalue weighted by Gasteiger charge is -2.18. The number of hydrogen-bond acceptors (Lipinski definition) is 4. The highest BCUT2D eigenvalue weighted by atomic mass is 32.1. The van der Waals surface area contributed by atoms with Crippen LogP contribution >= 0.6 is 11.3 Å². The molecule has 1 heterocycles. The van der Waals surface area contributed by atoms with Crippen molar-refractivity contribution in [1.82, 2.24) is 4.90 Å². The molecule has 0 unspecified atom stereocenters. The van der Waals surface area contributed by atoms with E-state index in [0.29, 0.717) is 22.7 Å². The molecule has 1 N–H and O–H groups in total. The molecule has 7 heteroatoms. The predicted molar refractivity (Wildman–Crippen MR) is 108 cm³/mol. The number of hydrogen-bond donors (Lipinski definition) is 1. The second kappa shape index (κ2) is 9.14. The van der Waals surface area contributed by atoms with Gasteiger partial charge in [0.25, 0.3) is 11.8 Å². The van der Waals surface area contributed by atoms with Gasteiger partial charge in [-0.05, 0) is 47.8 Å². The van der Waals surface area contributed by atoms with Crippen LogP contribution in [0.2, 0.25) is 0 Å². The van der Waals surface area contributed by atoms with Gasteiger partial charge in [0, 0.05) is 18.3 Å². The van der Waals surface area contributed by atoms with Crippen molar-refractivity contribution >= 4 is 28.8 Å².